The summed E-state index contributed by atoms with van der Waals surface area (Å²) in [6, 6.07) is 8.32. The van der Waals surface area contributed by atoms with Crippen LogP contribution in [0.3, 0.4) is 0 Å². The molecule has 1 fully saturated rings. The third-order valence-electron chi connectivity index (χ3n) is 5.12. The molecule has 2 nitrogen and oxygen atoms in total. The molecule has 3 heteroatoms. The van der Waals surface area contributed by atoms with Gasteiger partial charge in [0.1, 0.15) is 0 Å². The summed E-state index contributed by atoms with van der Waals surface area (Å²) in [5, 5.41) is 10.8. The van der Waals surface area contributed by atoms with Crippen molar-refractivity contribution in [3.63, 3.8) is 0 Å². The van der Waals surface area contributed by atoms with Crippen molar-refractivity contribution in [1.29, 1.82) is 0 Å². The first-order valence-corrected chi connectivity index (χ1v) is 8.41. The maximum Gasteiger partial charge on any atom is 0.0499 e. The van der Waals surface area contributed by atoms with Crippen molar-refractivity contribution in [2.75, 3.05) is 20.2 Å². The Morgan fingerprint density at radius 3 is 2.76 bits per heavy atom. The van der Waals surface area contributed by atoms with Crippen LogP contribution in [0.1, 0.15) is 51.1 Å². The van der Waals surface area contributed by atoms with Gasteiger partial charge in [0.05, 0.1) is 0 Å². The highest BCUT2D eigenvalue weighted by molar-refractivity contribution is 6.31. The minimum Gasteiger partial charge on any atom is -0.396 e. The molecule has 3 atom stereocenters. The highest BCUT2D eigenvalue weighted by Crippen LogP contribution is 2.41. The molecule has 3 unspecified atom stereocenters. The van der Waals surface area contributed by atoms with Gasteiger partial charge in [-0.2, -0.15) is 0 Å². The molecular formula is C18H28ClNO. The number of hydrogen-bond donors (Lipinski definition) is 1. The molecule has 0 amide bonds. The Hall–Kier alpha value is -0.570. The van der Waals surface area contributed by atoms with Crippen molar-refractivity contribution in [1.82, 2.24) is 4.90 Å². The number of aliphatic hydroxyl groups excluding tert-OH is 1. The number of halogens is 1. The van der Waals surface area contributed by atoms with Crippen molar-refractivity contribution in [3.8, 4) is 0 Å². The van der Waals surface area contributed by atoms with Crippen LogP contribution in [0, 0.1) is 11.3 Å². The van der Waals surface area contributed by atoms with E-state index in [9.17, 15) is 5.11 Å². The summed E-state index contributed by atoms with van der Waals surface area (Å²) in [4.78, 5) is 2.34. The average Bonchev–Trinajstić information content (AvgIpc) is 2.47. The normalized spacial score (nSPS) is 27.8. The van der Waals surface area contributed by atoms with E-state index >= 15 is 0 Å². The van der Waals surface area contributed by atoms with Crippen LogP contribution in [0.15, 0.2) is 24.3 Å². The molecule has 1 aromatic carbocycles. The van der Waals surface area contributed by atoms with Crippen LogP contribution in [-0.4, -0.2) is 30.2 Å². The highest BCUT2D eigenvalue weighted by atomic mass is 35.5. The molecule has 0 radical (unpaired) electrons. The zero-order valence-corrected chi connectivity index (χ0v) is 14.2. The molecular weight excluding hydrogens is 282 g/mol. The van der Waals surface area contributed by atoms with Gasteiger partial charge in [0.25, 0.3) is 0 Å². The van der Waals surface area contributed by atoms with Crippen LogP contribution < -0.4 is 0 Å². The molecule has 1 aromatic rings. The van der Waals surface area contributed by atoms with Crippen LogP contribution in [0.5, 0.6) is 0 Å². The molecule has 1 aliphatic rings. The first kappa shape index (κ1) is 16.8. The highest BCUT2D eigenvalue weighted by Gasteiger charge is 2.36. The summed E-state index contributed by atoms with van der Waals surface area (Å²) in [6.45, 7) is 5.72. The van der Waals surface area contributed by atoms with Gasteiger partial charge in [-0.25, -0.2) is 0 Å². The van der Waals surface area contributed by atoms with Crippen molar-refractivity contribution in [3.05, 3.63) is 34.9 Å². The van der Waals surface area contributed by atoms with Gasteiger partial charge in [-0.15, -0.1) is 0 Å². The Bertz CT molecular complexity index is 464. The molecule has 0 spiro atoms. The molecule has 1 aliphatic carbocycles. The van der Waals surface area contributed by atoms with Crippen LogP contribution >= 0.6 is 11.6 Å². The Morgan fingerprint density at radius 2 is 2.14 bits per heavy atom. The zero-order valence-electron chi connectivity index (χ0n) is 13.5. The van der Waals surface area contributed by atoms with E-state index in [2.05, 4.69) is 31.9 Å². The Balaban J connectivity index is 2.09. The van der Waals surface area contributed by atoms with E-state index in [0.717, 1.165) is 30.3 Å². The fraction of sp³-hybridized carbons (Fsp3) is 0.667. The molecule has 0 heterocycles. The zero-order chi connectivity index (χ0) is 15.5. The van der Waals surface area contributed by atoms with Crippen LogP contribution in [0.4, 0.5) is 0 Å². The molecule has 0 saturated heterocycles. The van der Waals surface area contributed by atoms with E-state index in [-0.39, 0.29) is 18.1 Å². The van der Waals surface area contributed by atoms with Gasteiger partial charge in [0, 0.05) is 29.6 Å². The Labute approximate surface area is 134 Å². The van der Waals surface area contributed by atoms with Gasteiger partial charge in [-0.3, -0.25) is 4.90 Å². The summed E-state index contributed by atoms with van der Waals surface area (Å²) in [6.07, 6.45) is 4.79. The minimum absolute atomic E-state index is 0.0575. The molecule has 1 N–H and O–H groups in total. The Kier molecular flexibility index (Phi) is 5.70. The van der Waals surface area contributed by atoms with Crippen molar-refractivity contribution >= 4 is 11.6 Å². The second kappa shape index (κ2) is 7.13. The summed E-state index contributed by atoms with van der Waals surface area (Å²) in [7, 11) is 2.14. The number of benzene rings is 1. The molecule has 0 aromatic heterocycles. The van der Waals surface area contributed by atoms with Crippen molar-refractivity contribution in [2.45, 2.75) is 45.6 Å². The fourth-order valence-electron chi connectivity index (χ4n) is 3.82. The van der Waals surface area contributed by atoms with Gasteiger partial charge in [-0.1, -0.05) is 49.6 Å². The molecule has 1 saturated carbocycles. The van der Waals surface area contributed by atoms with Crippen LogP contribution in [0.25, 0.3) is 0 Å². The number of hydrogen-bond acceptors (Lipinski definition) is 2. The smallest absolute Gasteiger partial charge is 0.0499 e. The topological polar surface area (TPSA) is 23.5 Å². The molecule has 0 aliphatic heterocycles. The number of nitrogens with zero attached hydrogens (tertiary/aromatic N) is 1. The molecule has 2 rings (SSSR count). The van der Waals surface area contributed by atoms with Crippen LogP contribution in [0.2, 0.25) is 5.02 Å². The van der Waals surface area contributed by atoms with Gasteiger partial charge in [0.15, 0.2) is 0 Å². The molecule has 21 heavy (non-hydrogen) atoms. The lowest BCUT2D eigenvalue weighted by Gasteiger charge is -2.42. The van der Waals surface area contributed by atoms with Gasteiger partial charge < -0.3 is 5.11 Å². The Morgan fingerprint density at radius 1 is 1.43 bits per heavy atom. The molecule has 118 valence electrons. The van der Waals surface area contributed by atoms with Gasteiger partial charge >= 0.3 is 0 Å². The second-order valence-electron chi connectivity index (χ2n) is 6.97. The maximum atomic E-state index is 9.96. The standard InChI is InChI=1S/C18H28ClNO/c1-14-7-6-10-18(11-14,13-21)12-20(3)15(2)16-8-4-5-9-17(16)19/h4-5,8-9,14-15,21H,6-7,10-13H2,1-3H3. The lowest BCUT2D eigenvalue weighted by Crippen LogP contribution is -2.42. The van der Waals surface area contributed by atoms with E-state index in [1.165, 1.54) is 18.4 Å². The maximum absolute atomic E-state index is 9.96. The number of rotatable bonds is 5. The van der Waals surface area contributed by atoms with E-state index < -0.39 is 0 Å². The average molecular weight is 310 g/mol. The molecule has 0 bridgehead atoms. The SMILES string of the molecule is CC1CCCC(CO)(CN(C)C(C)c2ccccc2Cl)C1. The lowest BCUT2D eigenvalue weighted by molar-refractivity contribution is 0.0214. The van der Waals surface area contributed by atoms with E-state index in [1.54, 1.807) is 0 Å². The van der Waals surface area contributed by atoms with Gasteiger partial charge in [-0.05, 0) is 44.4 Å². The van der Waals surface area contributed by atoms with Crippen molar-refractivity contribution < 1.29 is 5.11 Å². The van der Waals surface area contributed by atoms with E-state index in [0.29, 0.717) is 0 Å². The predicted octanol–water partition coefficient (Wildman–Crippen LogP) is 4.52. The fourth-order valence-corrected chi connectivity index (χ4v) is 4.12. The predicted molar refractivity (Wildman–Crippen MR) is 89.6 cm³/mol. The summed E-state index contributed by atoms with van der Waals surface area (Å²) < 4.78 is 0. The monoisotopic (exact) mass is 309 g/mol. The van der Waals surface area contributed by atoms with E-state index in [1.807, 2.05) is 18.2 Å². The minimum atomic E-state index is 0.0575. The second-order valence-corrected chi connectivity index (χ2v) is 7.38. The number of aliphatic hydroxyl groups is 1. The summed E-state index contributed by atoms with van der Waals surface area (Å²) in [5.74, 6) is 0.718. The first-order chi connectivity index (χ1) is 9.97. The van der Waals surface area contributed by atoms with Crippen molar-refractivity contribution in [2.24, 2.45) is 11.3 Å². The summed E-state index contributed by atoms with van der Waals surface area (Å²) >= 11 is 6.32. The van der Waals surface area contributed by atoms with Gasteiger partial charge in [0.2, 0.25) is 0 Å². The van der Waals surface area contributed by atoms with E-state index in [4.69, 9.17) is 11.6 Å². The van der Waals surface area contributed by atoms with Crippen LogP contribution in [-0.2, 0) is 0 Å². The third-order valence-corrected chi connectivity index (χ3v) is 5.47. The summed E-state index contributed by atoms with van der Waals surface area (Å²) in [5.41, 5.74) is 1.22. The quantitative estimate of drug-likeness (QED) is 0.864. The largest absolute Gasteiger partial charge is 0.396 e. The third kappa shape index (κ3) is 4.00. The first-order valence-electron chi connectivity index (χ1n) is 8.03. The lowest BCUT2D eigenvalue weighted by atomic mass is 9.70.